The first kappa shape index (κ1) is 15.7. The average Bonchev–Trinajstić information content (AvgIpc) is 2.83. The minimum atomic E-state index is -2.43. The van der Waals surface area contributed by atoms with Gasteiger partial charge in [0.2, 0.25) is 0 Å². The molecule has 1 heterocycles. The SMILES string of the molecule is CCO[Si](CCCC1C=COC1)(OCC)OCC. The maximum Gasteiger partial charge on any atom is 0.500 e. The molecule has 0 radical (unpaired) electrons. The van der Waals surface area contributed by atoms with Crippen molar-refractivity contribution in [3.05, 3.63) is 12.3 Å². The maximum absolute atomic E-state index is 5.82. The van der Waals surface area contributed by atoms with Crippen LogP contribution in [0.2, 0.25) is 6.04 Å². The second-order valence-corrected chi connectivity index (χ2v) is 7.03. The van der Waals surface area contributed by atoms with Crippen molar-refractivity contribution in [2.75, 3.05) is 26.4 Å². The monoisotopic (exact) mass is 274 g/mol. The van der Waals surface area contributed by atoms with Crippen LogP contribution in [-0.2, 0) is 18.0 Å². The highest BCUT2D eigenvalue weighted by atomic mass is 28.4. The van der Waals surface area contributed by atoms with Gasteiger partial charge in [-0.2, -0.15) is 0 Å². The maximum atomic E-state index is 5.82. The first-order valence-electron chi connectivity index (χ1n) is 6.96. The second-order valence-electron chi connectivity index (χ2n) is 4.30. The number of ether oxygens (including phenoxy) is 1. The zero-order chi connectivity index (χ0) is 13.3. The third kappa shape index (κ3) is 5.10. The third-order valence-electron chi connectivity index (χ3n) is 2.91. The largest absolute Gasteiger partial charge is 0.501 e. The predicted molar refractivity (Wildman–Crippen MR) is 73.3 cm³/mol. The molecule has 0 fully saturated rings. The summed E-state index contributed by atoms with van der Waals surface area (Å²) in [6.45, 7) is 8.75. The Bertz CT molecular complexity index is 228. The second kappa shape index (κ2) is 8.69. The Morgan fingerprint density at radius 2 is 1.72 bits per heavy atom. The molecule has 0 saturated carbocycles. The van der Waals surface area contributed by atoms with E-state index in [0.29, 0.717) is 25.7 Å². The summed E-state index contributed by atoms with van der Waals surface area (Å²) in [5, 5.41) is 0. The lowest BCUT2D eigenvalue weighted by atomic mass is 10.1. The molecule has 1 aliphatic rings. The number of rotatable bonds is 10. The van der Waals surface area contributed by atoms with Crippen LogP contribution in [0.25, 0.3) is 0 Å². The zero-order valence-corrected chi connectivity index (χ0v) is 12.8. The zero-order valence-electron chi connectivity index (χ0n) is 11.8. The van der Waals surface area contributed by atoms with Crippen LogP contribution in [0, 0.1) is 5.92 Å². The molecule has 18 heavy (non-hydrogen) atoms. The molecule has 1 aliphatic heterocycles. The van der Waals surface area contributed by atoms with Crippen molar-refractivity contribution in [1.82, 2.24) is 0 Å². The van der Waals surface area contributed by atoms with Gasteiger partial charge in [0.05, 0.1) is 12.9 Å². The van der Waals surface area contributed by atoms with E-state index < -0.39 is 8.80 Å². The van der Waals surface area contributed by atoms with Crippen LogP contribution in [0.3, 0.4) is 0 Å². The minimum absolute atomic E-state index is 0.543. The van der Waals surface area contributed by atoms with Crippen molar-refractivity contribution in [3.8, 4) is 0 Å². The van der Waals surface area contributed by atoms with Gasteiger partial charge in [0.1, 0.15) is 0 Å². The smallest absolute Gasteiger partial charge is 0.500 e. The van der Waals surface area contributed by atoms with Gasteiger partial charge in [-0.3, -0.25) is 0 Å². The molecule has 1 atom stereocenters. The molecule has 0 aromatic rings. The molecule has 5 heteroatoms. The summed E-state index contributed by atoms with van der Waals surface area (Å²) in [6.07, 6.45) is 6.09. The average molecular weight is 274 g/mol. The fraction of sp³-hybridized carbons (Fsp3) is 0.846. The van der Waals surface area contributed by atoms with Gasteiger partial charge in [0, 0.05) is 31.8 Å². The molecule has 0 aromatic heterocycles. The Balaban J connectivity index is 2.39. The van der Waals surface area contributed by atoms with Gasteiger partial charge in [-0.15, -0.1) is 0 Å². The highest BCUT2D eigenvalue weighted by molar-refractivity contribution is 6.60. The van der Waals surface area contributed by atoms with Crippen LogP contribution in [0.1, 0.15) is 33.6 Å². The van der Waals surface area contributed by atoms with Crippen molar-refractivity contribution in [3.63, 3.8) is 0 Å². The molecular formula is C13H26O4Si. The van der Waals surface area contributed by atoms with E-state index >= 15 is 0 Å². The summed E-state index contributed by atoms with van der Waals surface area (Å²) in [5.41, 5.74) is 0. The standard InChI is InChI=1S/C13H26O4Si/c1-4-15-18(16-5-2,17-6-3)11-7-8-13-9-10-14-12-13/h9-10,13H,4-8,11-12H2,1-3H3. The van der Waals surface area contributed by atoms with Crippen molar-refractivity contribution >= 4 is 8.80 Å². The predicted octanol–water partition coefficient (Wildman–Crippen LogP) is 2.98. The molecule has 4 nitrogen and oxygen atoms in total. The van der Waals surface area contributed by atoms with E-state index in [9.17, 15) is 0 Å². The van der Waals surface area contributed by atoms with E-state index in [1.165, 1.54) is 0 Å². The first-order chi connectivity index (χ1) is 8.76. The number of hydrogen-bond donors (Lipinski definition) is 0. The van der Waals surface area contributed by atoms with Crippen LogP contribution in [0.15, 0.2) is 12.3 Å². The summed E-state index contributed by atoms with van der Waals surface area (Å²) in [6, 6.07) is 0.896. The van der Waals surface area contributed by atoms with Crippen molar-refractivity contribution in [2.24, 2.45) is 5.92 Å². The molecular weight excluding hydrogens is 248 g/mol. The minimum Gasteiger partial charge on any atom is -0.501 e. The van der Waals surface area contributed by atoms with Crippen molar-refractivity contribution in [1.29, 1.82) is 0 Å². The summed E-state index contributed by atoms with van der Waals surface area (Å²) >= 11 is 0. The summed E-state index contributed by atoms with van der Waals surface area (Å²) in [4.78, 5) is 0. The van der Waals surface area contributed by atoms with E-state index in [0.717, 1.165) is 25.5 Å². The molecule has 0 amide bonds. The summed E-state index contributed by atoms with van der Waals surface area (Å²) in [7, 11) is -2.43. The Morgan fingerprint density at radius 3 is 2.17 bits per heavy atom. The summed E-state index contributed by atoms with van der Waals surface area (Å²) < 4.78 is 22.7. The molecule has 106 valence electrons. The lowest BCUT2D eigenvalue weighted by Crippen LogP contribution is -2.45. The van der Waals surface area contributed by atoms with Gasteiger partial charge in [0.15, 0.2) is 0 Å². The van der Waals surface area contributed by atoms with E-state index in [4.69, 9.17) is 18.0 Å². The molecule has 1 unspecified atom stereocenters. The lowest BCUT2D eigenvalue weighted by molar-refractivity contribution is 0.0703. The van der Waals surface area contributed by atoms with Crippen LogP contribution >= 0.6 is 0 Å². The van der Waals surface area contributed by atoms with Crippen molar-refractivity contribution in [2.45, 2.75) is 39.7 Å². The molecule has 0 saturated heterocycles. The Hall–Kier alpha value is -0.363. The normalized spacial score (nSPS) is 19.2. The van der Waals surface area contributed by atoms with E-state index in [1.54, 1.807) is 6.26 Å². The quantitative estimate of drug-likeness (QED) is 0.574. The molecule has 0 bridgehead atoms. The molecule has 0 spiro atoms. The van der Waals surface area contributed by atoms with Gasteiger partial charge in [-0.05, 0) is 39.7 Å². The highest BCUT2D eigenvalue weighted by Crippen LogP contribution is 2.23. The topological polar surface area (TPSA) is 36.9 Å². The third-order valence-corrected chi connectivity index (χ3v) is 6.06. The van der Waals surface area contributed by atoms with Crippen LogP contribution in [0.5, 0.6) is 0 Å². The lowest BCUT2D eigenvalue weighted by Gasteiger charge is -2.28. The highest BCUT2D eigenvalue weighted by Gasteiger charge is 2.39. The fourth-order valence-corrected chi connectivity index (χ4v) is 4.80. The van der Waals surface area contributed by atoms with Gasteiger partial charge in [-0.25, -0.2) is 0 Å². The van der Waals surface area contributed by atoms with E-state index in [-0.39, 0.29) is 0 Å². The molecule has 0 aromatic carbocycles. The fourth-order valence-electron chi connectivity index (χ4n) is 2.16. The molecule has 0 aliphatic carbocycles. The van der Waals surface area contributed by atoms with Crippen LogP contribution < -0.4 is 0 Å². The Labute approximate surface area is 112 Å². The molecule has 0 N–H and O–H groups in total. The van der Waals surface area contributed by atoms with E-state index in [1.807, 2.05) is 20.8 Å². The van der Waals surface area contributed by atoms with Crippen molar-refractivity contribution < 1.29 is 18.0 Å². The first-order valence-corrected chi connectivity index (χ1v) is 8.89. The van der Waals surface area contributed by atoms with Gasteiger partial charge >= 0.3 is 8.80 Å². The van der Waals surface area contributed by atoms with Crippen LogP contribution in [-0.4, -0.2) is 35.2 Å². The van der Waals surface area contributed by atoms with Gasteiger partial charge < -0.3 is 18.0 Å². The number of hydrogen-bond acceptors (Lipinski definition) is 4. The van der Waals surface area contributed by atoms with Crippen LogP contribution in [0.4, 0.5) is 0 Å². The van der Waals surface area contributed by atoms with E-state index in [2.05, 4.69) is 6.08 Å². The Morgan fingerprint density at radius 1 is 1.11 bits per heavy atom. The Kier molecular flexibility index (Phi) is 7.58. The van der Waals surface area contributed by atoms with Gasteiger partial charge in [-0.1, -0.05) is 0 Å². The molecule has 1 rings (SSSR count). The summed E-state index contributed by atoms with van der Waals surface area (Å²) in [5.74, 6) is 0.543. The van der Waals surface area contributed by atoms with Gasteiger partial charge in [0.25, 0.3) is 0 Å².